The quantitative estimate of drug-likeness (QED) is 0.856. The Morgan fingerprint density at radius 3 is 2.58 bits per heavy atom. The van der Waals surface area contributed by atoms with Gasteiger partial charge in [-0.25, -0.2) is 0 Å². The SMILES string of the molecule is CN(C)c1cccc2cc(C(=O)N[C@@H]3C4CCN(CC4)C3(C)C)sc12.Cl. The van der Waals surface area contributed by atoms with Crippen molar-refractivity contribution in [1.29, 1.82) is 0 Å². The summed E-state index contributed by atoms with van der Waals surface area (Å²) in [5.41, 5.74) is 1.21. The van der Waals surface area contributed by atoms with Crippen molar-refractivity contribution >= 4 is 45.4 Å². The summed E-state index contributed by atoms with van der Waals surface area (Å²) >= 11 is 1.60. The van der Waals surface area contributed by atoms with Crippen LogP contribution in [0.5, 0.6) is 0 Å². The zero-order valence-electron chi connectivity index (χ0n) is 15.9. The Morgan fingerprint density at radius 1 is 1.27 bits per heavy atom. The summed E-state index contributed by atoms with van der Waals surface area (Å²) in [5, 5.41) is 4.53. The van der Waals surface area contributed by atoms with E-state index in [0.29, 0.717) is 5.92 Å². The summed E-state index contributed by atoms with van der Waals surface area (Å²) in [7, 11) is 4.09. The fraction of sp³-hybridized carbons (Fsp3) is 0.550. The van der Waals surface area contributed by atoms with Crippen LogP contribution in [0, 0.1) is 5.92 Å². The largest absolute Gasteiger partial charge is 0.377 e. The molecule has 1 atom stereocenters. The van der Waals surface area contributed by atoms with Gasteiger partial charge in [-0.3, -0.25) is 9.69 Å². The van der Waals surface area contributed by atoms with Gasteiger partial charge in [0.25, 0.3) is 5.91 Å². The van der Waals surface area contributed by atoms with Gasteiger partial charge in [-0.05, 0) is 63.2 Å². The van der Waals surface area contributed by atoms with Gasteiger partial charge < -0.3 is 10.2 Å². The second-order valence-electron chi connectivity index (χ2n) is 8.13. The molecule has 3 saturated heterocycles. The van der Waals surface area contributed by atoms with Crippen LogP contribution in [0.2, 0.25) is 0 Å². The molecule has 3 aliphatic rings. The zero-order chi connectivity index (χ0) is 17.8. The molecule has 4 heterocycles. The average molecular weight is 394 g/mol. The molecule has 3 fully saturated rings. The number of hydrogen-bond acceptors (Lipinski definition) is 4. The third-order valence-electron chi connectivity index (χ3n) is 6.10. The summed E-state index contributed by atoms with van der Waals surface area (Å²) in [4.78, 5) is 18.5. The minimum Gasteiger partial charge on any atom is -0.377 e. The minimum absolute atomic E-state index is 0. The molecule has 4 nitrogen and oxygen atoms in total. The van der Waals surface area contributed by atoms with Crippen molar-refractivity contribution in [2.24, 2.45) is 5.92 Å². The minimum atomic E-state index is 0. The van der Waals surface area contributed by atoms with Gasteiger partial charge in [0.15, 0.2) is 0 Å². The smallest absolute Gasteiger partial charge is 0.261 e. The van der Waals surface area contributed by atoms with Gasteiger partial charge in [0.2, 0.25) is 0 Å². The molecule has 0 aliphatic carbocycles. The lowest BCUT2D eigenvalue weighted by atomic mass is 9.72. The Bertz CT molecular complexity index is 808. The first kappa shape index (κ1) is 19.5. The van der Waals surface area contributed by atoms with Crippen LogP contribution in [0.3, 0.4) is 0 Å². The number of carbonyl (C=O) groups excluding carboxylic acids is 1. The predicted octanol–water partition coefficient (Wildman–Crippen LogP) is 3.99. The second-order valence-corrected chi connectivity index (χ2v) is 9.18. The monoisotopic (exact) mass is 393 g/mol. The van der Waals surface area contributed by atoms with E-state index >= 15 is 0 Å². The van der Waals surface area contributed by atoms with Crippen LogP contribution in [0.25, 0.3) is 10.1 Å². The highest BCUT2D eigenvalue weighted by Crippen LogP contribution is 2.39. The predicted molar refractivity (Wildman–Crippen MR) is 113 cm³/mol. The van der Waals surface area contributed by atoms with Crippen LogP contribution in [0.1, 0.15) is 36.4 Å². The van der Waals surface area contributed by atoms with Gasteiger partial charge in [-0.2, -0.15) is 0 Å². The Labute approximate surface area is 166 Å². The average Bonchev–Trinajstić information content (AvgIpc) is 3.02. The van der Waals surface area contributed by atoms with Gasteiger partial charge in [0, 0.05) is 25.7 Å². The normalized spacial score (nSPS) is 26.4. The maximum atomic E-state index is 13.0. The first-order valence-corrected chi connectivity index (χ1v) is 9.95. The molecule has 2 bridgehead atoms. The number of fused-ring (bicyclic) bond motifs is 4. The molecule has 0 radical (unpaired) electrons. The van der Waals surface area contributed by atoms with E-state index < -0.39 is 0 Å². The van der Waals surface area contributed by atoms with Crippen molar-refractivity contribution in [3.8, 4) is 0 Å². The van der Waals surface area contributed by atoms with Crippen molar-refractivity contribution in [3.63, 3.8) is 0 Å². The summed E-state index contributed by atoms with van der Waals surface area (Å²) in [6.45, 7) is 6.88. The Hall–Kier alpha value is -1.30. The molecule has 1 amide bonds. The van der Waals surface area contributed by atoms with E-state index in [1.165, 1.54) is 36.3 Å². The van der Waals surface area contributed by atoms with Crippen LogP contribution in [-0.4, -0.2) is 49.6 Å². The first-order valence-electron chi connectivity index (χ1n) is 9.14. The van der Waals surface area contributed by atoms with Crippen molar-refractivity contribution in [2.45, 2.75) is 38.3 Å². The highest BCUT2D eigenvalue weighted by molar-refractivity contribution is 7.21. The Balaban J connectivity index is 0.00000196. The third kappa shape index (κ3) is 3.10. The molecule has 3 aliphatic heterocycles. The lowest BCUT2D eigenvalue weighted by Gasteiger charge is -2.56. The molecule has 1 aromatic carbocycles. The van der Waals surface area contributed by atoms with E-state index in [9.17, 15) is 4.79 Å². The molecular formula is C20H28ClN3OS. The molecule has 5 rings (SSSR count). The number of nitrogens with zero attached hydrogens (tertiary/aromatic N) is 2. The molecule has 0 unspecified atom stereocenters. The lowest BCUT2D eigenvalue weighted by molar-refractivity contribution is -0.0377. The van der Waals surface area contributed by atoms with Crippen molar-refractivity contribution in [2.75, 3.05) is 32.1 Å². The number of hydrogen-bond donors (Lipinski definition) is 1. The Kier molecular flexibility index (Phi) is 5.26. The molecule has 142 valence electrons. The molecule has 6 heteroatoms. The number of anilines is 1. The van der Waals surface area contributed by atoms with Crippen molar-refractivity contribution < 1.29 is 4.79 Å². The number of thiophene rings is 1. The van der Waals surface area contributed by atoms with Gasteiger partial charge in [0.1, 0.15) is 0 Å². The topological polar surface area (TPSA) is 35.6 Å². The van der Waals surface area contributed by atoms with Crippen LogP contribution in [0.15, 0.2) is 24.3 Å². The van der Waals surface area contributed by atoms with Crippen molar-refractivity contribution in [1.82, 2.24) is 10.2 Å². The number of amides is 1. The standard InChI is InChI=1S/C20H27N3OS.ClH/c1-20(2)18(13-8-10-23(20)11-9-13)21-19(24)16-12-14-6-5-7-15(22(3)4)17(14)25-16;/h5-7,12-13,18H,8-11H2,1-4H3,(H,21,24);1H/t18-;/m1./s1. The fourth-order valence-corrected chi connectivity index (χ4v) is 5.76. The van der Waals surface area contributed by atoms with E-state index in [2.05, 4.69) is 47.2 Å². The van der Waals surface area contributed by atoms with Crippen LogP contribution < -0.4 is 10.2 Å². The highest BCUT2D eigenvalue weighted by atomic mass is 35.5. The molecule has 1 N–H and O–H groups in total. The number of rotatable bonds is 3. The molecular weight excluding hydrogens is 366 g/mol. The van der Waals surface area contributed by atoms with E-state index in [-0.39, 0.29) is 29.9 Å². The van der Waals surface area contributed by atoms with Gasteiger partial charge in [-0.15, -0.1) is 23.7 Å². The van der Waals surface area contributed by atoms with Crippen LogP contribution >= 0.6 is 23.7 Å². The summed E-state index contributed by atoms with van der Waals surface area (Å²) < 4.78 is 1.19. The summed E-state index contributed by atoms with van der Waals surface area (Å²) in [6.07, 6.45) is 2.40. The van der Waals surface area contributed by atoms with E-state index in [1.54, 1.807) is 11.3 Å². The zero-order valence-corrected chi connectivity index (χ0v) is 17.5. The fourth-order valence-electron chi connectivity index (χ4n) is 4.60. The maximum Gasteiger partial charge on any atom is 0.261 e. The van der Waals surface area contributed by atoms with Gasteiger partial charge in [-0.1, -0.05) is 12.1 Å². The second kappa shape index (κ2) is 7.02. The van der Waals surface area contributed by atoms with Crippen molar-refractivity contribution in [3.05, 3.63) is 29.1 Å². The third-order valence-corrected chi connectivity index (χ3v) is 7.27. The van der Waals surface area contributed by atoms with Crippen LogP contribution in [0.4, 0.5) is 5.69 Å². The molecule has 2 aromatic rings. The molecule has 0 saturated carbocycles. The molecule has 1 aromatic heterocycles. The van der Waals surface area contributed by atoms with Crippen LogP contribution in [-0.2, 0) is 0 Å². The highest BCUT2D eigenvalue weighted by Gasteiger charge is 2.48. The maximum absolute atomic E-state index is 13.0. The number of benzene rings is 1. The molecule has 26 heavy (non-hydrogen) atoms. The summed E-state index contributed by atoms with van der Waals surface area (Å²) in [6, 6.07) is 8.53. The number of carbonyl (C=O) groups is 1. The number of nitrogens with one attached hydrogen (secondary N) is 1. The number of piperidine rings is 3. The van der Waals surface area contributed by atoms with E-state index in [1.807, 2.05) is 20.2 Å². The lowest BCUT2D eigenvalue weighted by Crippen LogP contribution is -2.69. The van der Waals surface area contributed by atoms with E-state index in [0.717, 1.165) is 10.3 Å². The Morgan fingerprint density at radius 2 is 1.96 bits per heavy atom. The summed E-state index contributed by atoms with van der Waals surface area (Å²) in [5.74, 6) is 0.688. The van der Waals surface area contributed by atoms with E-state index in [4.69, 9.17) is 0 Å². The number of halogens is 1. The van der Waals surface area contributed by atoms with Gasteiger partial charge >= 0.3 is 0 Å². The van der Waals surface area contributed by atoms with Gasteiger partial charge in [0.05, 0.1) is 15.3 Å². The molecule has 0 spiro atoms. The first-order chi connectivity index (χ1) is 11.9.